The number of aromatic amines is 1. The Bertz CT molecular complexity index is 703. The number of nitrogens with zero attached hydrogens (tertiary/aromatic N) is 2. The third kappa shape index (κ3) is 1.08. The second kappa shape index (κ2) is 3.03. The van der Waals surface area contributed by atoms with Crippen molar-refractivity contribution in [2.45, 2.75) is 0 Å². The summed E-state index contributed by atoms with van der Waals surface area (Å²) >= 11 is 0. The molecule has 0 aliphatic carbocycles. The molecule has 0 radical (unpaired) electrons. The Hall–Kier alpha value is -2.43. The Kier molecular flexibility index (Phi) is 1.67. The number of hydrogen-bond acceptors (Lipinski definition) is 3. The molecule has 0 unspecified atom stereocenters. The van der Waals surface area contributed by atoms with E-state index in [-0.39, 0.29) is 5.69 Å². The lowest BCUT2D eigenvalue weighted by Gasteiger charge is -1.94. The number of aromatic carboxylic acids is 1. The van der Waals surface area contributed by atoms with E-state index in [4.69, 9.17) is 5.11 Å². The fourth-order valence-electron chi connectivity index (χ4n) is 1.86. The van der Waals surface area contributed by atoms with Crippen molar-refractivity contribution in [3.05, 3.63) is 36.2 Å². The van der Waals surface area contributed by atoms with Crippen LogP contribution in [0.5, 0.6) is 0 Å². The molecule has 2 N–H and O–H groups in total. The molecule has 0 aliphatic rings. The molecule has 0 spiro atoms. The molecule has 0 atom stereocenters. The van der Waals surface area contributed by atoms with Crippen LogP contribution in [0.15, 0.2) is 30.5 Å². The predicted octanol–water partition coefficient (Wildman–Crippen LogP) is 1.81. The zero-order valence-corrected chi connectivity index (χ0v) is 8.14. The quantitative estimate of drug-likeness (QED) is 0.646. The Morgan fingerprint density at radius 2 is 2.06 bits per heavy atom. The third-order valence-corrected chi connectivity index (χ3v) is 2.52. The van der Waals surface area contributed by atoms with E-state index in [9.17, 15) is 4.79 Å². The summed E-state index contributed by atoms with van der Waals surface area (Å²) in [7, 11) is 0. The maximum Gasteiger partial charge on any atom is 0.357 e. The number of carboxylic acids is 1. The van der Waals surface area contributed by atoms with E-state index >= 15 is 0 Å². The number of rotatable bonds is 1. The zero-order chi connectivity index (χ0) is 11.1. The maximum absolute atomic E-state index is 11.0. The van der Waals surface area contributed by atoms with E-state index < -0.39 is 5.97 Å². The van der Waals surface area contributed by atoms with Crippen molar-refractivity contribution in [2.75, 3.05) is 0 Å². The van der Waals surface area contributed by atoms with Gasteiger partial charge in [-0.3, -0.25) is 0 Å². The highest BCUT2D eigenvalue weighted by Gasteiger charge is 2.15. The molecule has 3 rings (SSSR count). The highest BCUT2D eigenvalue weighted by molar-refractivity contribution is 6.14. The van der Waals surface area contributed by atoms with Gasteiger partial charge in [-0.05, 0) is 6.07 Å². The number of benzene rings is 1. The summed E-state index contributed by atoms with van der Waals surface area (Å²) < 4.78 is 0. The molecule has 0 bridgehead atoms. The van der Waals surface area contributed by atoms with Crippen LogP contribution in [-0.4, -0.2) is 26.3 Å². The first-order valence-electron chi connectivity index (χ1n) is 4.73. The van der Waals surface area contributed by atoms with Crippen molar-refractivity contribution in [1.29, 1.82) is 0 Å². The highest BCUT2D eigenvalue weighted by atomic mass is 16.4. The van der Waals surface area contributed by atoms with E-state index in [1.54, 1.807) is 0 Å². The van der Waals surface area contributed by atoms with Crippen LogP contribution < -0.4 is 0 Å². The van der Waals surface area contributed by atoms with Crippen LogP contribution in [0.25, 0.3) is 21.8 Å². The minimum atomic E-state index is -1.07. The van der Waals surface area contributed by atoms with Crippen LogP contribution in [-0.2, 0) is 0 Å². The first-order valence-corrected chi connectivity index (χ1v) is 4.73. The number of carbonyl (C=O) groups is 1. The number of aromatic nitrogens is 3. The molecule has 0 fully saturated rings. The number of para-hydroxylation sites is 1. The van der Waals surface area contributed by atoms with E-state index in [1.165, 1.54) is 6.20 Å². The average molecular weight is 213 g/mol. The minimum absolute atomic E-state index is 0.0186. The van der Waals surface area contributed by atoms with Gasteiger partial charge in [0.1, 0.15) is 0 Å². The third-order valence-electron chi connectivity index (χ3n) is 2.52. The second-order valence-electron chi connectivity index (χ2n) is 3.46. The molecule has 5 nitrogen and oxygen atoms in total. The summed E-state index contributed by atoms with van der Waals surface area (Å²) in [6.07, 6.45) is 1.53. The SMILES string of the molecule is O=C(O)c1nncc2[nH]c3ccccc3c12. The molecule has 3 aromatic rings. The van der Waals surface area contributed by atoms with Crippen LogP contribution >= 0.6 is 0 Å². The molecule has 2 heterocycles. The summed E-state index contributed by atoms with van der Waals surface area (Å²) in [6.45, 7) is 0. The molecular weight excluding hydrogens is 206 g/mol. The molecule has 78 valence electrons. The summed E-state index contributed by atoms with van der Waals surface area (Å²) in [5.41, 5.74) is 1.55. The number of carboxylic acid groups (broad SMARTS) is 1. The fraction of sp³-hybridized carbons (Fsp3) is 0. The fourth-order valence-corrected chi connectivity index (χ4v) is 1.86. The van der Waals surface area contributed by atoms with Gasteiger partial charge in [0.05, 0.1) is 11.7 Å². The Morgan fingerprint density at radius 3 is 2.88 bits per heavy atom. The summed E-state index contributed by atoms with van der Waals surface area (Å²) in [4.78, 5) is 14.1. The molecule has 5 heteroatoms. The first-order chi connectivity index (χ1) is 7.77. The lowest BCUT2D eigenvalue weighted by Crippen LogP contribution is -2.02. The van der Waals surface area contributed by atoms with Gasteiger partial charge in [-0.15, -0.1) is 5.10 Å². The van der Waals surface area contributed by atoms with Gasteiger partial charge in [-0.2, -0.15) is 5.10 Å². The van der Waals surface area contributed by atoms with Gasteiger partial charge in [0.15, 0.2) is 5.69 Å². The normalized spacial score (nSPS) is 11.0. The lowest BCUT2D eigenvalue weighted by atomic mass is 10.1. The standard InChI is InChI=1S/C11H7N3O2/c15-11(16)10-9-6-3-1-2-4-7(6)13-8(9)5-12-14-10/h1-5,13H,(H,15,16). The first kappa shape index (κ1) is 8.84. The topological polar surface area (TPSA) is 78.9 Å². The zero-order valence-electron chi connectivity index (χ0n) is 8.14. The van der Waals surface area contributed by atoms with Crippen molar-refractivity contribution < 1.29 is 9.90 Å². The highest BCUT2D eigenvalue weighted by Crippen LogP contribution is 2.26. The summed E-state index contributed by atoms with van der Waals surface area (Å²) in [6, 6.07) is 7.50. The Balaban J connectivity index is 2.57. The molecule has 0 aliphatic heterocycles. The van der Waals surface area contributed by atoms with E-state index in [0.29, 0.717) is 10.9 Å². The molecule has 16 heavy (non-hydrogen) atoms. The molecule has 0 saturated heterocycles. The van der Waals surface area contributed by atoms with Crippen molar-refractivity contribution in [3.8, 4) is 0 Å². The monoisotopic (exact) mass is 213 g/mol. The van der Waals surface area contributed by atoms with Crippen LogP contribution in [0.1, 0.15) is 10.5 Å². The van der Waals surface area contributed by atoms with Crippen LogP contribution in [0, 0.1) is 0 Å². The second-order valence-corrected chi connectivity index (χ2v) is 3.46. The summed E-state index contributed by atoms with van der Waals surface area (Å²) in [5, 5.41) is 17.8. The number of H-pyrrole nitrogens is 1. The summed E-state index contributed by atoms with van der Waals surface area (Å²) in [5.74, 6) is -1.07. The number of nitrogens with one attached hydrogen (secondary N) is 1. The molecule has 1 aromatic carbocycles. The largest absolute Gasteiger partial charge is 0.476 e. The Labute approximate surface area is 89.7 Å². The minimum Gasteiger partial charge on any atom is -0.476 e. The van der Waals surface area contributed by atoms with E-state index in [1.807, 2.05) is 24.3 Å². The predicted molar refractivity (Wildman–Crippen MR) is 58.4 cm³/mol. The van der Waals surface area contributed by atoms with Gasteiger partial charge in [0, 0.05) is 16.3 Å². The van der Waals surface area contributed by atoms with Gasteiger partial charge >= 0.3 is 5.97 Å². The smallest absolute Gasteiger partial charge is 0.357 e. The lowest BCUT2D eigenvalue weighted by molar-refractivity contribution is 0.0691. The average Bonchev–Trinajstić information content (AvgIpc) is 2.66. The van der Waals surface area contributed by atoms with E-state index in [0.717, 1.165) is 10.9 Å². The van der Waals surface area contributed by atoms with Crippen molar-refractivity contribution in [2.24, 2.45) is 0 Å². The number of hydrogen-bond donors (Lipinski definition) is 2. The van der Waals surface area contributed by atoms with Gasteiger partial charge in [0.25, 0.3) is 0 Å². The van der Waals surface area contributed by atoms with Crippen molar-refractivity contribution >= 4 is 27.8 Å². The van der Waals surface area contributed by atoms with Gasteiger partial charge in [-0.25, -0.2) is 4.79 Å². The molecule has 0 amide bonds. The molecule has 0 saturated carbocycles. The van der Waals surface area contributed by atoms with Gasteiger partial charge in [-0.1, -0.05) is 18.2 Å². The Morgan fingerprint density at radius 1 is 1.25 bits per heavy atom. The van der Waals surface area contributed by atoms with Gasteiger partial charge in [0.2, 0.25) is 0 Å². The van der Waals surface area contributed by atoms with Crippen LogP contribution in [0.4, 0.5) is 0 Å². The van der Waals surface area contributed by atoms with Crippen molar-refractivity contribution in [1.82, 2.24) is 15.2 Å². The van der Waals surface area contributed by atoms with Crippen LogP contribution in [0.2, 0.25) is 0 Å². The molecular formula is C11H7N3O2. The molecule has 2 aromatic heterocycles. The van der Waals surface area contributed by atoms with Gasteiger partial charge < -0.3 is 10.1 Å². The van der Waals surface area contributed by atoms with E-state index in [2.05, 4.69) is 15.2 Å². The van der Waals surface area contributed by atoms with Crippen LogP contribution in [0.3, 0.4) is 0 Å². The maximum atomic E-state index is 11.0. The van der Waals surface area contributed by atoms with Crippen molar-refractivity contribution in [3.63, 3.8) is 0 Å². The number of fused-ring (bicyclic) bond motifs is 3.